The molecule has 98 valence electrons. The van der Waals surface area contributed by atoms with Crippen LogP contribution in [0.1, 0.15) is 10.4 Å². The number of carbonyl (C=O) groups is 1. The number of amides is 1. The Balaban J connectivity index is 2.26. The zero-order valence-electron chi connectivity index (χ0n) is 9.38. The van der Waals surface area contributed by atoms with Crippen molar-refractivity contribution in [1.82, 2.24) is 0 Å². The maximum Gasteiger partial charge on any atom is 0.257 e. The van der Waals surface area contributed by atoms with Gasteiger partial charge in [-0.2, -0.15) is 0 Å². The zero-order valence-corrected chi connectivity index (χ0v) is 13.2. The van der Waals surface area contributed by atoms with Crippen LogP contribution < -0.4 is 5.32 Å². The highest BCUT2D eigenvalue weighted by Crippen LogP contribution is 2.28. The maximum absolute atomic E-state index is 12.1. The molecule has 19 heavy (non-hydrogen) atoms. The summed E-state index contributed by atoms with van der Waals surface area (Å²) in [5.41, 5.74) is 0.891. The maximum atomic E-state index is 12.1. The Morgan fingerprint density at radius 1 is 1.05 bits per heavy atom. The van der Waals surface area contributed by atoms with E-state index in [9.17, 15) is 4.79 Å². The summed E-state index contributed by atoms with van der Waals surface area (Å²) < 4.78 is 0.757. The number of carbonyl (C=O) groups excluding carboxylic acids is 1. The van der Waals surface area contributed by atoms with Gasteiger partial charge in [-0.1, -0.05) is 40.9 Å². The van der Waals surface area contributed by atoms with E-state index in [-0.39, 0.29) is 10.9 Å². The number of anilines is 1. The lowest BCUT2D eigenvalue weighted by Crippen LogP contribution is -2.12. The predicted octanol–water partition coefficient (Wildman–Crippen LogP) is 5.66. The minimum Gasteiger partial charge on any atom is -0.322 e. The van der Waals surface area contributed by atoms with Crippen LogP contribution in [0.15, 0.2) is 40.9 Å². The summed E-state index contributed by atoms with van der Waals surface area (Å²) >= 11 is 21.1. The van der Waals surface area contributed by atoms with Gasteiger partial charge in [0.15, 0.2) is 0 Å². The average molecular weight is 379 g/mol. The molecule has 0 radical (unpaired) electrons. The van der Waals surface area contributed by atoms with Gasteiger partial charge in [-0.25, -0.2) is 0 Å². The Morgan fingerprint density at radius 2 is 1.79 bits per heavy atom. The minimum absolute atomic E-state index is 0.227. The van der Waals surface area contributed by atoms with Gasteiger partial charge < -0.3 is 5.32 Å². The third-order valence-corrected chi connectivity index (χ3v) is 4.43. The van der Waals surface area contributed by atoms with Crippen molar-refractivity contribution in [3.8, 4) is 0 Å². The van der Waals surface area contributed by atoms with E-state index in [2.05, 4.69) is 21.2 Å². The molecule has 0 bridgehead atoms. The number of rotatable bonds is 2. The third-order valence-electron chi connectivity index (χ3n) is 2.37. The molecule has 0 aliphatic rings. The third kappa shape index (κ3) is 3.42. The monoisotopic (exact) mass is 377 g/mol. The molecule has 1 amide bonds. The quantitative estimate of drug-likeness (QED) is 0.716. The van der Waals surface area contributed by atoms with Crippen LogP contribution in [0, 0.1) is 0 Å². The molecule has 0 fully saturated rings. The molecule has 0 aliphatic carbocycles. The molecule has 0 saturated carbocycles. The predicted molar refractivity (Wildman–Crippen MR) is 83.6 cm³/mol. The van der Waals surface area contributed by atoms with Crippen molar-refractivity contribution in [2.24, 2.45) is 0 Å². The SMILES string of the molecule is O=C(Nc1ccc(Br)c(Cl)c1)c1cccc(Cl)c1Cl. The van der Waals surface area contributed by atoms with E-state index in [0.29, 0.717) is 21.3 Å². The van der Waals surface area contributed by atoms with Gasteiger partial charge in [-0.05, 0) is 46.3 Å². The standard InChI is InChI=1S/C13H7BrCl3NO/c14-9-5-4-7(6-11(9)16)18-13(19)8-2-1-3-10(15)12(8)17/h1-6H,(H,18,19). The molecular formula is C13H7BrCl3NO. The smallest absolute Gasteiger partial charge is 0.257 e. The lowest BCUT2D eigenvalue weighted by molar-refractivity contribution is 0.102. The highest BCUT2D eigenvalue weighted by Gasteiger charge is 2.13. The van der Waals surface area contributed by atoms with Gasteiger partial charge in [0, 0.05) is 10.2 Å². The first-order valence-electron chi connectivity index (χ1n) is 5.19. The van der Waals surface area contributed by atoms with Crippen molar-refractivity contribution in [1.29, 1.82) is 0 Å². The van der Waals surface area contributed by atoms with Gasteiger partial charge in [-0.3, -0.25) is 4.79 Å². The molecule has 2 rings (SSSR count). The Hall–Kier alpha value is -0.740. The van der Waals surface area contributed by atoms with Crippen LogP contribution in [0.2, 0.25) is 15.1 Å². The summed E-state index contributed by atoms with van der Waals surface area (Å²) in [6.45, 7) is 0. The first kappa shape index (κ1) is 14.7. The van der Waals surface area contributed by atoms with Crippen molar-refractivity contribution >= 4 is 62.3 Å². The molecule has 0 aromatic heterocycles. The van der Waals surface area contributed by atoms with E-state index in [1.807, 2.05) is 0 Å². The summed E-state index contributed by atoms with van der Waals surface area (Å²) in [6.07, 6.45) is 0. The molecule has 2 nitrogen and oxygen atoms in total. The Morgan fingerprint density at radius 3 is 2.47 bits per heavy atom. The van der Waals surface area contributed by atoms with E-state index in [0.717, 1.165) is 4.47 Å². The second kappa shape index (κ2) is 6.14. The average Bonchev–Trinajstić information content (AvgIpc) is 2.37. The van der Waals surface area contributed by atoms with Gasteiger partial charge >= 0.3 is 0 Å². The van der Waals surface area contributed by atoms with Gasteiger partial charge in [0.2, 0.25) is 0 Å². The van der Waals surface area contributed by atoms with Crippen LogP contribution in [0.25, 0.3) is 0 Å². The molecular weight excluding hydrogens is 372 g/mol. The summed E-state index contributed by atoms with van der Waals surface area (Å²) in [6, 6.07) is 10.0. The Kier molecular flexibility index (Phi) is 4.74. The fourth-order valence-corrected chi connectivity index (χ4v) is 2.26. The molecule has 6 heteroatoms. The topological polar surface area (TPSA) is 29.1 Å². The molecule has 2 aromatic rings. The van der Waals surface area contributed by atoms with Crippen LogP contribution in [0.4, 0.5) is 5.69 Å². The van der Waals surface area contributed by atoms with Crippen LogP contribution >= 0.6 is 50.7 Å². The van der Waals surface area contributed by atoms with Crippen molar-refractivity contribution in [2.75, 3.05) is 5.32 Å². The van der Waals surface area contributed by atoms with Crippen LogP contribution in [-0.4, -0.2) is 5.91 Å². The molecule has 0 unspecified atom stereocenters. The van der Waals surface area contributed by atoms with Crippen molar-refractivity contribution in [3.05, 3.63) is 61.5 Å². The van der Waals surface area contributed by atoms with E-state index >= 15 is 0 Å². The number of hydrogen-bond acceptors (Lipinski definition) is 1. The van der Waals surface area contributed by atoms with Gasteiger partial charge in [0.1, 0.15) is 0 Å². The molecule has 2 aromatic carbocycles. The van der Waals surface area contributed by atoms with Gasteiger partial charge in [0.25, 0.3) is 5.91 Å². The highest BCUT2D eigenvalue weighted by molar-refractivity contribution is 9.10. The lowest BCUT2D eigenvalue weighted by atomic mass is 10.2. The zero-order chi connectivity index (χ0) is 14.0. The summed E-state index contributed by atoms with van der Waals surface area (Å²) in [4.78, 5) is 12.1. The van der Waals surface area contributed by atoms with E-state index in [1.54, 1.807) is 36.4 Å². The fraction of sp³-hybridized carbons (Fsp3) is 0. The van der Waals surface area contributed by atoms with E-state index in [4.69, 9.17) is 34.8 Å². The van der Waals surface area contributed by atoms with Crippen molar-refractivity contribution < 1.29 is 4.79 Å². The largest absolute Gasteiger partial charge is 0.322 e. The number of benzene rings is 2. The molecule has 0 aliphatic heterocycles. The van der Waals surface area contributed by atoms with Crippen LogP contribution in [0.3, 0.4) is 0 Å². The molecule has 0 heterocycles. The summed E-state index contributed by atoms with van der Waals surface area (Å²) in [7, 11) is 0. The van der Waals surface area contributed by atoms with Gasteiger partial charge in [0.05, 0.1) is 20.6 Å². The number of hydrogen-bond donors (Lipinski definition) is 1. The minimum atomic E-state index is -0.342. The van der Waals surface area contributed by atoms with Crippen LogP contribution in [-0.2, 0) is 0 Å². The van der Waals surface area contributed by atoms with E-state index in [1.165, 1.54) is 0 Å². The van der Waals surface area contributed by atoms with Gasteiger partial charge in [-0.15, -0.1) is 0 Å². The second-order valence-electron chi connectivity index (χ2n) is 3.68. The Bertz CT molecular complexity index is 646. The van der Waals surface area contributed by atoms with Crippen molar-refractivity contribution in [2.45, 2.75) is 0 Å². The fourth-order valence-electron chi connectivity index (χ4n) is 1.45. The molecule has 1 N–H and O–H groups in total. The van der Waals surface area contributed by atoms with Crippen LogP contribution in [0.5, 0.6) is 0 Å². The first-order chi connectivity index (χ1) is 8.99. The molecule has 0 spiro atoms. The molecule has 0 atom stereocenters. The second-order valence-corrected chi connectivity index (χ2v) is 5.73. The number of nitrogens with one attached hydrogen (secondary N) is 1. The first-order valence-corrected chi connectivity index (χ1v) is 7.12. The normalized spacial score (nSPS) is 10.3. The van der Waals surface area contributed by atoms with Crippen molar-refractivity contribution in [3.63, 3.8) is 0 Å². The Labute approximate surface area is 133 Å². The highest BCUT2D eigenvalue weighted by atomic mass is 79.9. The van der Waals surface area contributed by atoms with E-state index < -0.39 is 0 Å². The number of halogens is 4. The molecule has 0 saturated heterocycles. The lowest BCUT2D eigenvalue weighted by Gasteiger charge is -2.08. The summed E-state index contributed by atoms with van der Waals surface area (Å²) in [5, 5.41) is 3.78. The summed E-state index contributed by atoms with van der Waals surface area (Å²) in [5.74, 6) is -0.342.